The van der Waals surface area contributed by atoms with Crippen LogP contribution in [0.2, 0.25) is 10.0 Å². The Morgan fingerprint density at radius 3 is 2.87 bits per heavy atom. The summed E-state index contributed by atoms with van der Waals surface area (Å²) < 4.78 is 5.46. The van der Waals surface area contributed by atoms with Crippen LogP contribution in [-0.4, -0.2) is 41.6 Å². The fourth-order valence-electron chi connectivity index (χ4n) is 2.67. The highest BCUT2D eigenvalue weighted by Gasteiger charge is 2.24. The fraction of sp³-hybridized carbons (Fsp3) is 0.500. The standard InChI is InChI=1S/C16H19Cl2NO4/c17-12-4-5-13(18)14(8-12)23-10-15(20)19-7-1-2-11(9-19)3-6-16(21)22/h4-5,8,11H,1-3,6-7,9-10H2,(H,21,22). The van der Waals surface area contributed by atoms with Crippen molar-refractivity contribution in [2.24, 2.45) is 5.92 Å². The predicted octanol–water partition coefficient (Wildman–Crippen LogP) is 3.48. The summed E-state index contributed by atoms with van der Waals surface area (Å²) in [6.07, 6.45) is 2.58. The van der Waals surface area contributed by atoms with Crippen molar-refractivity contribution in [3.05, 3.63) is 28.2 Å². The number of hydrogen-bond acceptors (Lipinski definition) is 3. The van der Waals surface area contributed by atoms with Crippen molar-refractivity contribution in [2.75, 3.05) is 19.7 Å². The Balaban J connectivity index is 1.85. The van der Waals surface area contributed by atoms with Crippen LogP contribution < -0.4 is 4.74 Å². The van der Waals surface area contributed by atoms with Crippen molar-refractivity contribution in [3.63, 3.8) is 0 Å². The molecule has 1 unspecified atom stereocenters. The number of rotatable bonds is 6. The highest BCUT2D eigenvalue weighted by Crippen LogP contribution is 2.28. The summed E-state index contributed by atoms with van der Waals surface area (Å²) in [6, 6.07) is 4.84. The second-order valence-corrected chi connectivity index (χ2v) is 6.49. The number of piperidine rings is 1. The highest BCUT2D eigenvalue weighted by atomic mass is 35.5. The predicted molar refractivity (Wildman–Crippen MR) is 88.1 cm³/mol. The molecular formula is C16H19Cl2NO4. The Morgan fingerprint density at radius 2 is 2.13 bits per heavy atom. The van der Waals surface area contributed by atoms with Gasteiger partial charge in [-0.15, -0.1) is 0 Å². The molecule has 1 aliphatic heterocycles. The first kappa shape index (κ1) is 17.9. The van der Waals surface area contributed by atoms with E-state index in [1.165, 1.54) is 0 Å². The number of nitrogens with zero attached hydrogens (tertiary/aromatic N) is 1. The van der Waals surface area contributed by atoms with E-state index in [1.807, 2.05) is 0 Å². The van der Waals surface area contributed by atoms with E-state index in [-0.39, 0.29) is 24.9 Å². The van der Waals surface area contributed by atoms with Crippen LogP contribution in [-0.2, 0) is 9.59 Å². The molecular weight excluding hydrogens is 341 g/mol. The maximum atomic E-state index is 12.3. The summed E-state index contributed by atoms with van der Waals surface area (Å²) in [5.74, 6) is -0.307. The first-order chi connectivity index (χ1) is 11.0. The number of carboxylic acids is 1. The lowest BCUT2D eigenvalue weighted by molar-refractivity contribution is -0.137. The minimum atomic E-state index is -0.799. The van der Waals surface area contributed by atoms with Gasteiger partial charge in [0.2, 0.25) is 0 Å². The van der Waals surface area contributed by atoms with E-state index in [4.69, 9.17) is 33.0 Å². The summed E-state index contributed by atoms with van der Waals surface area (Å²) in [5.41, 5.74) is 0. The summed E-state index contributed by atoms with van der Waals surface area (Å²) in [7, 11) is 0. The quantitative estimate of drug-likeness (QED) is 0.844. The Morgan fingerprint density at radius 1 is 1.35 bits per heavy atom. The van der Waals surface area contributed by atoms with Crippen LogP contribution in [0.1, 0.15) is 25.7 Å². The zero-order valence-electron chi connectivity index (χ0n) is 12.6. The van der Waals surface area contributed by atoms with E-state index in [9.17, 15) is 9.59 Å². The molecule has 1 aromatic carbocycles. The van der Waals surface area contributed by atoms with Crippen molar-refractivity contribution in [3.8, 4) is 5.75 Å². The molecule has 0 saturated carbocycles. The Hall–Kier alpha value is -1.46. The third-order valence-corrected chi connectivity index (χ3v) is 4.43. The number of amides is 1. The molecule has 1 atom stereocenters. The van der Waals surface area contributed by atoms with Gasteiger partial charge in [-0.3, -0.25) is 9.59 Å². The van der Waals surface area contributed by atoms with E-state index in [0.717, 1.165) is 12.8 Å². The van der Waals surface area contributed by atoms with Crippen LogP contribution in [0.5, 0.6) is 5.75 Å². The largest absolute Gasteiger partial charge is 0.482 e. The monoisotopic (exact) mass is 359 g/mol. The highest BCUT2D eigenvalue weighted by molar-refractivity contribution is 6.34. The van der Waals surface area contributed by atoms with Crippen molar-refractivity contribution in [1.29, 1.82) is 0 Å². The molecule has 126 valence electrons. The van der Waals surface area contributed by atoms with Crippen molar-refractivity contribution in [2.45, 2.75) is 25.7 Å². The summed E-state index contributed by atoms with van der Waals surface area (Å²) in [5, 5.41) is 9.65. The van der Waals surface area contributed by atoms with Gasteiger partial charge in [0.05, 0.1) is 5.02 Å². The third kappa shape index (κ3) is 5.59. The van der Waals surface area contributed by atoms with Crippen LogP contribution in [0.4, 0.5) is 0 Å². The molecule has 0 aromatic heterocycles. The molecule has 1 fully saturated rings. The van der Waals surface area contributed by atoms with Gasteiger partial charge < -0.3 is 14.7 Å². The molecule has 1 aliphatic rings. The molecule has 0 aliphatic carbocycles. The maximum absolute atomic E-state index is 12.3. The van der Waals surface area contributed by atoms with Gasteiger partial charge in [-0.05, 0) is 37.3 Å². The van der Waals surface area contributed by atoms with Gasteiger partial charge in [0.1, 0.15) is 5.75 Å². The molecule has 7 heteroatoms. The molecule has 0 bridgehead atoms. The number of halogens is 2. The minimum absolute atomic E-state index is 0.105. The second kappa shape index (κ2) is 8.41. The normalized spacial score (nSPS) is 17.8. The van der Waals surface area contributed by atoms with Gasteiger partial charge in [0.15, 0.2) is 6.61 Å². The summed E-state index contributed by atoms with van der Waals surface area (Å²) in [4.78, 5) is 24.6. The number of hydrogen-bond donors (Lipinski definition) is 1. The van der Waals surface area contributed by atoms with Crippen LogP contribution >= 0.6 is 23.2 Å². The van der Waals surface area contributed by atoms with Crippen molar-refractivity contribution >= 4 is 35.1 Å². The van der Waals surface area contributed by atoms with Gasteiger partial charge in [-0.25, -0.2) is 0 Å². The zero-order chi connectivity index (χ0) is 16.8. The molecule has 1 aromatic rings. The van der Waals surface area contributed by atoms with E-state index >= 15 is 0 Å². The number of ether oxygens (including phenoxy) is 1. The molecule has 1 N–H and O–H groups in total. The van der Waals surface area contributed by atoms with E-state index < -0.39 is 5.97 Å². The molecule has 1 saturated heterocycles. The SMILES string of the molecule is O=C(O)CCC1CCCN(C(=O)COc2cc(Cl)ccc2Cl)C1. The Bertz CT molecular complexity index is 579. The molecule has 1 amide bonds. The first-order valence-corrected chi connectivity index (χ1v) is 8.28. The van der Waals surface area contributed by atoms with E-state index in [0.29, 0.717) is 35.3 Å². The average Bonchev–Trinajstić information content (AvgIpc) is 2.53. The van der Waals surface area contributed by atoms with Gasteiger partial charge in [-0.2, -0.15) is 0 Å². The smallest absolute Gasteiger partial charge is 0.303 e. The number of benzene rings is 1. The van der Waals surface area contributed by atoms with Crippen LogP contribution in [0.3, 0.4) is 0 Å². The lowest BCUT2D eigenvalue weighted by Gasteiger charge is -2.32. The second-order valence-electron chi connectivity index (χ2n) is 5.64. The number of aliphatic carboxylic acids is 1. The van der Waals surface area contributed by atoms with Crippen molar-refractivity contribution in [1.82, 2.24) is 4.90 Å². The number of carbonyl (C=O) groups is 2. The van der Waals surface area contributed by atoms with E-state index in [2.05, 4.69) is 0 Å². The topological polar surface area (TPSA) is 66.8 Å². The van der Waals surface area contributed by atoms with Gasteiger partial charge in [0.25, 0.3) is 5.91 Å². The first-order valence-electron chi connectivity index (χ1n) is 7.53. The number of carbonyl (C=O) groups excluding carboxylic acids is 1. The van der Waals surface area contributed by atoms with Crippen LogP contribution in [0, 0.1) is 5.92 Å². The van der Waals surface area contributed by atoms with E-state index in [1.54, 1.807) is 23.1 Å². The molecule has 5 nitrogen and oxygen atoms in total. The molecule has 0 radical (unpaired) electrons. The van der Waals surface area contributed by atoms with Gasteiger partial charge in [-0.1, -0.05) is 23.2 Å². The van der Waals surface area contributed by atoms with Crippen LogP contribution in [0.15, 0.2) is 18.2 Å². The summed E-state index contributed by atoms with van der Waals surface area (Å²) in [6.45, 7) is 1.15. The number of carboxylic acid groups (broad SMARTS) is 1. The minimum Gasteiger partial charge on any atom is -0.482 e. The molecule has 0 spiro atoms. The average molecular weight is 360 g/mol. The van der Waals surface area contributed by atoms with Gasteiger partial charge >= 0.3 is 5.97 Å². The Kier molecular flexibility index (Phi) is 6.54. The third-order valence-electron chi connectivity index (χ3n) is 3.88. The summed E-state index contributed by atoms with van der Waals surface area (Å²) >= 11 is 11.9. The molecule has 23 heavy (non-hydrogen) atoms. The Labute approximate surface area is 145 Å². The lowest BCUT2D eigenvalue weighted by Crippen LogP contribution is -2.42. The maximum Gasteiger partial charge on any atom is 0.303 e. The van der Waals surface area contributed by atoms with Gasteiger partial charge in [0, 0.05) is 30.6 Å². The van der Waals surface area contributed by atoms with Crippen LogP contribution in [0.25, 0.3) is 0 Å². The lowest BCUT2D eigenvalue weighted by atomic mass is 9.93. The molecule has 1 heterocycles. The van der Waals surface area contributed by atoms with Crippen molar-refractivity contribution < 1.29 is 19.4 Å². The number of likely N-dealkylation sites (tertiary alicyclic amines) is 1. The molecule has 2 rings (SSSR count). The zero-order valence-corrected chi connectivity index (χ0v) is 14.1. The fourth-order valence-corrected chi connectivity index (χ4v) is 3.01.